The number of amides is 2. The molecule has 2 amide bonds. The molecule has 1 fully saturated rings. The van der Waals surface area contributed by atoms with E-state index in [1.165, 1.54) is 0 Å². The van der Waals surface area contributed by atoms with Crippen molar-refractivity contribution < 1.29 is 14.1 Å². The zero-order valence-electron chi connectivity index (χ0n) is 20.5. The van der Waals surface area contributed by atoms with Gasteiger partial charge < -0.3 is 14.3 Å². The second-order valence-electron chi connectivity index (χ2n) is 8.94. The molecule has 2 aromatic carbocycles. The summed E-state index contributed by atoms with van der Waals surface area (Å²) in [4.78, 5) is 35.0. The van der Waals surface area contributed by atoms with Gasteiger partial charge in [-0.1, -0.05) is 64.4 Å². The van der Waals surface area contributed by atoms with Gasteiger partial charge in [0.25, 0.3) is 0 Å². The van der Waals surface area contributed by atoms with Crippen LogP contribution in [0, 0.1) is 0 Å². The standard InChI is InChI=1S/C28H31BrN4O3/c1-3-17-32(28(35)23(4-2)20-10-6-5-7-11-20)19-25(34)33-18-9-8-12-24(33)27-30-26(31-36-27)21-13-15-22(29)16-14-21/h3,5-7,10-11,13-16,23-24H,1,4,8-9,12,17-19H2,2H3. The van der Waals surface area contributed by atoms with E-state index in [2.05, 4.69) is 32.6 Å². The van der Waals surface area contributed by atoms with Crippen molar-refractivity contribution in [3.63, 3.8) is 0 Å². The van der Waals surface area contributed by atoms with Gasteiger partial charge in [-0.15, -0.1) is 6.58 Å². The van der Waals surface area contributed by atoms with Gasteiger partial charge >= 0.3 is 0 Å². The predicted octanol–water partition coefficient (Wildman–Crippen LogP) is 5.76. The zero-order valence-corrected chi connectivity index (χ0v) is 22.1. The Kier molecular flexibility index (Phi) is 8.70. The number of piperidine rings is 1. The molecule has 0 radical (unpaired) electrons. The molecule has 0 bridgehead atoms. The van der Waals surface area contributed by atoms with E-state index in [9.17, 15) is 9.59 Å². The van der Waals surface area contributed by atoms with Crippen molar-refractivity contribution in [2.75, 3.05) is 19.6 Å². The minimum Gasteiger partial charge on any atom is -0.337 e. The number of aromatic nitrogens is 2. The Labute approximate surface area is 220 Å². The van der Waals surface area contributed by atoms with E-state index in [0.29, 0.717) is 31.2 Å². The van der Waals surface area contributed by atoms with E-state index in [0.717, 1.165) is 34.9 Å². The first-order valence-electron chi connectivity index (χ1n) is 12.4. The van der Waals surface area contributed by atoms with E-state index in [-0.39, 0.29) is 30.3 Å². The molecular weight excluding hydrogens is 520 g/mol. The third-order valence-corrected chi connectivity index (χ3v) is 7.08. The highest BCUT2D eigenvalue weighted by atomic mass is 79.9. The van der Waals surface area contributed by atoms with Gasteiger partial charge in [0.1, 0.15) is 12.6 Å². The second-order valence-corrected chi connectivity index (χ2v) is 9.86. The third kappa shape index (κ3) is 5.93. The minimum atomic E-state index is -0.306. The smallest absolute Gasteiger partial charge is 0.249 e. The van der Waals surface area contributed by atoms with Crippen LogP contribution in [-0.4, -0.2) is 51.4 Å². The van der Waals surface area contributed by atoms with Crippen LogP contribution >= 0.6 is 15.9 Å². The molecule has 1 aromatic heterocycles. The maximum Gasteiger partial charge on any atom is 0.249 e. The SMILES string of the molecule is C=CCN(CC(=O)N1CCCCC1c1nc(-c2ccc(Br)cc2)no1)C(=O)C(CC)c1ccccc1. The number of nitrogens with zero attached hydrogens (tertiary/aromatic N) is 4. The van der Waals surface area contributed by atoms with Crippen LogP contribution in [0.1, 0.15) is 56.0 Å². The summed E-state index contributed by atoms with van der Waals surface area (Å²) in [7, 11) is 0. The van der Waals surface area contributed by atoms with Gasteiger partial charge in [-0.3, -0.25) is 9.59 Å². The third-order valence-electron chi connectivity index (χ3n) is 6.55. The van der Waals surface area contributed by atoms with E-state index in [1.54, 1.807) is 15.9 Å². The van der Waals surface area contributed by atoms with Crippen molar-refractivity contribution in [1.82, 2.24) is 19.9 Å². The number of carbonyl (C=O) groups is 2. The summed E-state index contributed by atoms with van der Waals surface area (Å²) in [5.41, 5.74) is 1.80. The average Bonchev–Trinajstić information content (AvgIpc) is 3.40. The largest absolute Gasteiger partial charge is 0.337 e. The lowest BCUT2D eigenvalue weighted by molar-refractivity contribution is -0.143. The van der Waals surface area contributed by atoms with Crippen molar-refractivity contribution in [2.45, 2.75) is 44.6 Å². The van der Waals surface area contributed by atoms with E-state index >= 15 is 0 Å². The van der Waals surface area contributed by atoms with E-state index in [4.69, 9.17) is 4.52 Å². The number of hydrogen-bond donors (Lipinski definition) is 0. The molecule has 1 aliphatic heterocycles. The molecule has 4 rings (SSSR count). The summed E-state index contributed by atoms with van der Waals surface area (Å²) in [5.74, 6) is 0.424. The summed E-state index contributed by atoms with van der Waals surface area (Å²) >= 11 is 3.43. The van der Waals surface area contributed by atoms with Crippen LogP contribution < -0.4 is 0 Å². The number of halogens is 1. The summed E-state index contributed by atoms with van der Waals surface area (Å²) < 4.78 is 6.59. The summed E-state index contributed by atoms with van der Waals surface area (Å²) in [6, 6.07) is 17.1. The van der Waals surface area contributed by atoms with Gasteiger partial charge in [0.05, 0.1) is 5.92 Å². The quantitative estimate of drug-likeness (QED) is 0.316. The molecule has 7 nitrogen and oxygen atoms in total. The Morgan fingerprint density at radius 1 is 1.19 bits per heavy atom. The molecule has 2 unspecified atom stereocenters. The van der Waals surface area contributed by atoms with Crippen LogP contribution in [0.2, 0.25) is 0 Å². The lowest BCUT2D eigenvalue weighted by Gasteiger charge is -2.35. The van der Waals surface area contributed by atoms with Crippen molar-refractivity contribution in [1.29, 1.82) is 0 Å². The minimum absolute atomic E-state index is 0.0155. The van der Waals surface area contributed by atoms with Crippen molar-refractivity contribution in [3.05, 3.63) is 83.2 Å². The van der Waals surface area contributed by atoms with E-state index < -0.39 is 0 Å². The summed E-state index contributed by atoms with van der Waals surface area (Å²) in [6.45, 7) is 6.67. The Morgan fingerprint density at radius 3 is 2.64 bits per heavy atom. The molecule has 3 aromatic rings. The van der Waals surface area contributed by atoms with Crippen molar-refractivity contribution in [3.8, 4) is 11.4 Å². The van der Waals surface area contributed by atoms with Gasteiger partial charge in [0, 0.05) is 23.1 Å². The van der Waals surface area contributed by atoms with Crippen LogP contribution in [-0.2, 0) is 9.59 Å². The van der Waals surface area contributed by atoms with Gasteiger partial charge in [0.15, 0.2) is 0 Å². The first kappa shape index (κ1) is 25.8. The first-order chi connectivity index (χ1) is 17.5. The van der Waals surface area contributed by atoms with Crippen LogP contribution in [0.25, 0.3) is 11.4 Å². The van der Waals surface area contributed by atoms with E-state index in [1.807, 2.05) is 61.5 Å². The van der Waals surface area contributed by atoms with Crippen LogP contribution in [0.5, 0.6) is 0 Å². The van der Waals surface area contributed by atoms with Crippen LogP contribution in [0.15, 0.2) is 76.2 Å². The summed E-state index contributed by atoms with van der Waals surface area (Å²) in [5, 5.41) is 4.15. The Morgan fingerprint density at radius 2 is 1.94 bits per heavy atom. The molecule has 0 saturated carbocycles. The van der Waals surface area contributed by atoms with Crippen LogP contribution in [0.4, 0.5) is 0 Å². The van der Waals surface area contributed by atoms with Crippen molar-refractivity contribution >= 4 is 27.7 Å². The van der Waals surface area contributed by atoms with Gasteiger partial charge in [-0.25, -0.2) is 0 Å². The highest BCUT2D eigenvalue weighted by Crippen LogP contribution is 2.32. The number of likely N-dealkylation sites (tertiary alicyclic amines) is 1. The number of rotatable bonds is 9. The second kappa shape index (κ2) is 12.1. The molecule has 188 valence electrons. The first-order valence-corrected chi connectivity index (χ1v) is 13.1. The normalized spacial score (nSPS) is 16.4. The number of benzene rings is 2. The maximum absolute atomic E-state index is 13.5. The monoisotopic (exact) mass is 550 g/mol. The molecule has 1 saturated heterocycles. The highest BCUT2D eigenvalue weighted by Gasteiger charge is 2.34. The Balaban J connectivity index is 1.51. The number of carbonyl (C=O) groups excluding carboxylic acids is 2. The Bertz CT molecular complexity index is 1180. The summed E-state index contributed by atoms with van der Waals surface area (Å²) in [6.07, 6.45) is 4.92. The molecule has 36 heavy (non-hydrogen) atoms. The Hall–Kier alpha value is -3.26. The fourth-order valence-electron chi connectivity index (χ4n) is 4.67. The maximum atomic E-state index is 13.5. The lowest BCUT2D eigenvalue weighted by atomic mass is 9.95. The topological polar surface area (TPSA) is 79.5 Å². The molecule has 2 heterocycles. The highest BCUT2D eigenvalue weighted by molar-refractivity contribution is 9.10. The van der Waals surface area contributed by atoms with Gasteiger partial charge in [0.2, 0.25) is 23.5 Å². The van der Waals surface area contributed by atoms with Crippen molar-refractivity contribution in [2.24, 2.45) is 0 Å². The van der Waals surface area contributed by atoms with Gasteiger partial charge in [-0.05, 0) is 55.5 Å². The molecule has 0 spiro atoms. The fourth-order valence-corrected chi connectivity index (χ4v) is 4.94. The fraction of sp³-hybridized carbons (Fsp3) is 0.357. The predicted molar refractivity (Wildman–Crippen MR) is 142 cm³/mol. The lowest BCUT2D eigenvalue weighted by Crippen LogP contribution is -2.47. The van der Waals surface area contributed by atoms with Gasteiger partial charge in [-0.2, -0.15) is 4.98 Å². The zero-order chi connectivity index (χ0) is 25.5. The average molecular weight is 551 g/mol. The molecule has 2 atom stereocenters. The van der Waals surface area contributed by atoms with Crippen LogP contribution in [0.3, 0.4) is 0 Å². The number of hydrogen-bond acceptors (Lipinski definition) is 5. The molecule has 0 N–H and O–H groups in total. The molecule has 1 aliphatic rings. The molecular formula is C28H31BrN4O3. The molecule has 0 aliphatic carbocycles. The molecule has 8 heteroatoms.